The molecule has 104 valence electrons. The molecule has 0 aliphatic carbocycles. The number of aromatic nitrogens is 3. The Morgan fingerprint density at radius 2 is 2.06 bits per heavy atom. The van der Waals surface area contributed by atoms with E-state index in [0.29, 0.717) is 12.3 Å². The molecule has 1 aromatic rings. The van der Waals surface area contributed by atoms with Gasteiger partial charge in [0.2, 0.25) is 0 Å². The van der Waals surface area contributed by atoms with Crippen LogP contribution >= 0.6 is 11.8 Å². The minimum absolute atomic E-state index is 0.164. The third kappa shape index (κ3) is 3.96. The molecule has 18 heavy (non-hydrogen) atoms. The first-order valence-electron chi connectivity index (χ1n) is 5.88. The van der Waals surface area contributed by atoms with Crippen molar-refractivity contribution in [2.24, 2.45) is 5.73 Å². The van der Waals surface area contributed by atoms with E-state index in [1.807, 2.05) is 18.4 Å². The minimum Gasteiger partial charge on any atom is -0.324 e. The molecule has 0 fully saturated rings. The maximum Gasteiger partial charge on any atom is 0.191 e. The molecule has 0 aromatic carbocycles. The fourth-order valence-corrected chi connectivity index (χ4v) is 3.84. The van der Waals surface area contributed by atoms with Crippen molar-refractivity contribution in [1.29, 1.82) is 0 Å². The van der Waals surface area contributed by atoms with Crippen LogP contribution in [0, 0.1) is 0 Å². The highest BCUT2D eigenvalue weighted by molar-refractivity contribution is 8.00. The van der Waals surface area contributed by atoms with E-state index >= 15 is 0 Å². The van der Waals surface area contributed by atoms with Gasteiger partial charge in [-0.3, -0.25) is 0 Å². The molecule has 1 heterocycles. The Bertz CT molecular complexity index is 482. The summed E-state index contributed by atoms with van der Waals surface area (Å²) >= 11 is 1.41. The Hall–Kier alpha value is -0.600. The zero-order valence-corrected chi connectivity index (χ0v) is 12.6. The standard InChI is InChI=1S/C10H20N4O2S2/c1-4-18(15,16)6-5-17-10-13-12-9(7-11)14(10)8(2)3/h8H,4-7,11H2,1-3H3. The van der Waals surface area contributed by atoms with Crippen molar-refractivity contribution in [1.82, 2.24) is 14.8 Å². The Morgan fingerprint density at radius 3 is 2.56 bits per heavy atom. The van der Waals surface area contributed by atoms with E-state index in [0.717, 1.165) is 11.0 Å². The summed E-state index contributed by atoms with van der Waals surface area (Å²) in [6.07, 6.45) is 0. The van der Waals surface area contributed by atoms with Crippen molar-refractivity contribution in [2.75, 3.05) is 17.3 Å². The van der Waals surface area contributed by atoms with Crippen LogP contribution in [-0.4, -0.2) is 40.4 Å². The first kappa shape index (κ1) is 15.5. The summed E-state index contributed by atoms with van der Waals surface area (Å²) in [7, 11) is -2.92. The van der Waals surface area contributed by atoms with Gasteiger partial charge >= 0.3 is 0 Å². The monoisotopic (exact) mass is 292 g/mol. The van der Waals surface area contributed by atoms with Gasteiger partial charge in [-0.15, -0.1) is 10.2 Å². The summed E-state index contributed by atoms with van der Waals surface area (Å²) in [5.41, 5.74) is 5.59. The van der Waals surface area contributed by atoms with Gasteiger partial charge in [0.1, 0.15) is 5.82 Å². The molecule has 0 aliphatic rings. The van der Waals surface area contributed by atoms with Crippen LogP contribution in [0.2, 0.25) is 0 Å². The first-order valence-corrected chi connectivity index (χ1v) is 8.69. The van der Waals surface area contributed by atoms with Crippen molar-refractivity contribution in [3.8, 4) is 0 Å². The Balaban J connectivity index is 2.71. The lowest BCUT2D eigenvalue weighted by Crippen LogP contribution is -2.13. The van der Waals surface area contributed by atoms with Gasteiger partial charge in [0.15, 0.2) is 15.0 Å². The summed E-state index contributed by atoms with van der Waals surface area (Å²) in [6.45, 7) is 6.03. The van der Waals surface area contributed by atoms with Gasteiger partial charge in [-0.2, -0.15) is 0 Å². The molecule has 0 saturated carbocycles. The van der Waals surface area contributed by atoms with Gasteiger partial charge < -0.3 is 10.3 Å². The number of hydrogen-bond donors (Lipinski definition) is 1. The summed E-state index contributed by atoms with van der Waals surface area (Å²) in [6, 6.07) is 0.212. The molecule has 8 heteroatoms. The fraction of sp³-hybridized carbons (Fsp3) is 0.800. The van der Waals surface area contributed by atoms with E-state index in [1.165, 1.54) is 11.8 Å². The predicted octanol–water partition coefficient (Wildman–Crippen LogP) is 0.845. The van der Waals surface area contributed by atoms with Crippen LogP contribution in [0.15, 0.2) is 5.16 Å². The molecule has 1 rings (SSSR count). The molecule has 1 aromatic heterocycles. The van der Waals surface area contributed by atoms with Gasteiger partial charge in [0, 0.05) is 17.5 Å². The Labute approximate surface area is 112 Å². The van der Waals surface area contributed by atoms with Crippen LogP contribution in [0.4, 0.5) is 0 Å². The molecule has 0 aliphatic heterocycles. The zero-order valence-electron chi connectivity index (χ0n) is 11.0. The van der Waals surface area contributed by atoms with Crippen LogP contribution in [0.5, 0.6) is 0 Å². The maximum atomic E-state index is 11.4. The minimum atomic E-state index is -2.92. The highest BCUT2D eigenvalue weighted by Crippen LogP contribution is 2.21. The topological polar surface area (TPSA) is 90.9 Å². The summed E-state index contributed by atoms with van der Waals surface area (Å²) in [5, 5.41) is 8.80. The van der Waals surface area contributed by atoms with E-state index < -0.39 is 9.84 Å². The first-order chi connectivity index (χ1) is 8.41. The van der Waals surface area contributed by atoms with Crippen LogP contribution in [0.1, 0.15) is 32.6 Å². The molecule has 0 saturated heterocycles. The zero-order chi connectivity index (χ0) is 13.8. The molecule has 0 spiro atoms. The molecular formula is C10H20N4O2S2. The van der Waals surface area contributed by atoms with Crippen molar-refractivity contribution < 1.29 is 8.42 Å². The lowest BCUT2D eigenvalue weighted by Gasteiger charge is -2.12. The smallest absolute Gasteiger partial charge is 0.191 e. The summed E-state index contributed by atoms with van der Waals surface area (Å²) < 4.78 is 24.7. The van der Waals surface area contributed by atoms with Crippen LogP contribution in [-0.2, 0) is 16.4 Å². The van der Waals surface area contributed by atoms with E-state index in [4.69, 9.17) is 5.73 Å². The van der Waals surface area contributed by atoms with E-state index in [2.05, 4.69) is 10.2 Å². The number of nitrogens with zero attached hydrogens (tertiary/aromatic N) is 3. The highest BCUT2D eigenvalue weighted by atomic mass is 32.2. The number of sulfone groups is 1. The van der Waals surface area contributed by atoms with Crippen molar-refractivity contribution in [3.05, 3.63) is 5.82 Å². The van der Waals surface area contributed by atoms with Gasteiger partial charge in [-0.05, 0) is 13.8 Å². The third-order valence-electron chi connectivity index (χ3n) is 2.50. The normalized spacial score (nSPS) is 12.3. The largest absolute Gasteiger partial charge is 0.324 e. The molecule has 2 N–H and O–H groups in total. The van der Waals surface area contributed by atoms with Crippen LogP contribution in [0.3, 0.4) is 0 Å². The highest BCUT2D eigenvalue weighted by Gasteiger charge is 2.15. The molecule has 0 bridgehead atoms. The predicted molar refractivity (Wildman–Crippen MR) is 73.4 cm³/mol. The summed E-state index contributed by atoms with van der Waals surface area (Å²) in [5.74, 6) is 1.56. The average Bonchev–Trinajstić information content (AvgIpc) is 2.72. The van der Waals surface area contributed by atoms with Crippen molar-refractivity contribution in [3.63, 3.8) is 0 Å². The van der Waals surface area contributed by atoms with Crippen molar-refractivity contribution >= 4 is 21.6 Å². The fourth-order valence-electron chi connectivity index (χ4n) is 1.47. The van der Waals surface area contributed by atoms with Crippen molar-refractivity contribution in [2.45, 2.75) is 38.5 Å². The molecule has 0 radical (unpaired) electrons. The number of rotatable bonds is 7. The lowest BCUT2D eigenvalue weighted by molar-refractivity contribution is 0.526. The molecule has 0 unspecified atom stereocenters. The number of nitrogens with two attached hydrogens (primary N) is 1. The molecule has 6 nitrogen and oxygen atoms in total. The number of hydrogen-bond acceptors (Lipinski definition) is 6. The van der Waals surface area contributed by atoms with E-state index in [-0.39, 0.29) is 17.5 Å². The second-order valence-electron chi connectivity index (χ2n) is 4.15. The van der Waals surface area contributed by atoms with E-state index in [9.17, 15) is 8.42 Å². The molecular weight excluding hydrogens is 272 g/mol. The average molecular weight is 292 g/mol. The second-order valence-corrected chi connectivity index (χ2v) is 7.69. The van der Waals surface area contributed by atoms with Gasteiger partial charge in [0.05, 0.1) is 12.3 Å². The van der Waals surface area contributed by atoms with Gasteiger partial charge in [-0.25, -0.2) is 8.42 Å². The maximum absolute atomic E-state index is 11.4. The molecule has 0 atom stereocenters. The Morgan fingerprint density at radius 1 is 1.39 bits per heavy atom. The summed E-state index contributed by atoms with van der Waals surface area (Å²) in [4.78, 5) is 0. The van der Waals surface area contributed by atoms with Crippen LogP contribution in [0.25, 0.3) is 0 Å². The van der Waals surface area contributed by atoms with Gasteiger partial charge in [0.25, 0.3) is 0 Å². The van der Waals surface area contributed by atoms with Crippen LogP contribution < -0.4 is 5.73 Å². The number of thioether (sulfide) groups is 1. The SMILES string of the molecule is CCS(=O)(=O)CCSc1nnc(CN)n1C(C)C. The third-order valence-corrected chi connectivity index (χ3v) is 5.41. The lowest BCUT2D eigenvalue weighted by atomic mass is 10.4. The molecule has 0 amide bonds. The van der Waals surface area contributed by atoms with Gasteiger partial charge in [-0.1, -0.05) is 18.7 Å². The second kappa shape index (κ2) is 6.53. The quantitative estimate of drug-likeness (QED) is 0.749. The Kier molecular flexibility index (Phi) is 5.61. The van der Waals surface area contributed by atoms with E-state index in [1.54, 1.807) is 6.92 Å².